The predicted molar refractivity (Wildman–Crippen MR) is 160 cm³/mol. The van der Waals surface area contributed by atoms with Crippen molar-refractivity contribution in [1.82, 2.24) is 10.3 Å². The Labute approximate surface area is 252 Å². The van der Waals surface area contributed by atoms with Gasteiger partial charge in [0.2, 0.25) is 11.8 Å². The van der Waals surface area contributed by atoms with Crippen molar-refractivity contribution in [3.8, 4) is 23.0 Å². The van der Waals surface area contributed by atoms with Gasteiger partial charge in [0.1, 0.15) is 17.0 Å². The number of hydrogen-bond donors (Lipinski definition) is 2. The first-order valence-corrected chi connectivity index (χ1v) is 14.5. The molecule has 6 rings (SSSR count). The van der Waals surface area contributed by atoms with Crippen molar-refractivity contribution in [3.05, 3.63) is 78.5 Å². The Morgan fingerprint density at radius 3 is 2.34 bits per heavy atom. The Bertz CT molecular complexity index is 1700. The fourth-order valence-corrected chi connectivity index (χ4v) is 5.45. The van der Waals surface area contributed by atoms with Crippen molar-refractivity contribution in [3.63, 3.8) is 0 Å². The SMILES string of the molecule is COc1cc2c(Oc3ccc(N(C(=O)C4(C(N)=O)CC4)c4ccc(F)cc4)cc3F)ccnc2cc1OCC1CCNCC1. The highest BCUT2D eigenvalue weighted by atomic mass is 19.1. The number of aromatic nitrogens is 1. The van der Waals surface area contributed by atoms with E-state index in [2.05, 4.69) is 10.3 Å². The van der Waals surface area contributed by atoms with Crippen LogP contribution in [0.2, 0.25) is 0 Å². The molecule has 4 aromatic rings. The Balaban J connectivity index is 1.28. The van der Waals surface area contributed by atoms with Crippen molar-refractivity contribution < 1.29 is 32.6 Å². The summed E-state index contributed by atoms with van der Waals surface area (Å²) in [5, 5.41) is 3.93. The minimum absolute atomic E-state index is 0.103. The number of piperidine rings is 1. The number of fused-ring (bicyclic) bond motifs is 1. The van der Waals surface area contributed by atoms with E-state index in [9.17, 15) is 14.0 Å². The number of rotatable bonds is 10. The molecule has 2 aliphatic rings. The summed E-state index contributed by atoms with van der Waals surface area (Å²) in [6.45, 7) is 2.50. The third-order valence-electron chi connectivity index (χ3n) is 8.23. The van der Waals surface area contributed by atoms with Crippen molar-refractivity contribution in [2.24, 2.45) is 17.1 Å². The summed E-state index contributed by atoms with van der Waals surface area (Å²) >= 11 is 0. The number of pyridine rings is 1. The Morgan fingerprint density at radius 1 is 0.955 bits per heavy atom. The molecule has 0 radical (unpaired) electrons. The molecule has 0 atom stereocenters. The summed E-state index contributed by atoms with van der Waals surface area (Å²) in [6.07, 6.45) is 4.20. The lowest BCUT2D eigenvalue weighted by Gasteiger charge is -2.26. The number of benzene rings is 3. The van der Waals surface area contributed by atoms with Crippen LogP contribution in [0.3, 0.4) is 0 Å². The van der Waals surface area contributed by atoms with Crippen LogP contribution in [0.1, 0.15) is 25.7 Å². The molecular weight excluding hydrogens is 570 g/mol. The molecular formula is C33H32F2N4O5. The Morgan fingerprint density at radius 2 is 1.68 bits per heavy atom. The number of nitrogens with two attached hydrogens (primary N) is 1. The van der Waals surface area contributed by atoms with Crippen molar-refractivity contribution in [1.29, 1.82) is 0 Å². The van der Waals surface area contributed by atoms with E-state index >= 15 is 4.39 Å². The molecule has 1 aromatic heterocycles. The van der Waals surface area contributed by atoms with Gasteiger partial charge in [-0.05, 0) is 93.2 Å². The van der Waals surface area contributed by atoms with Gasteiger partial charge in [0.25, 0.3) is 0 Å². The van der Waals surface area contributed by atoms with Crippen LogP contribution in [0.5, 0.6) is 23.0 Å². The number of halogens is 2. The number of carbonyl (C=O) groups excluding carboxylic acids is 2. The standard InChI is InChI=1S/C33H32F2N4O5/c1-42-29-17-24-26(18-30(29)43-19-20-8-13-37-14-9-20)38-15-10-27(24)44-28-7-6-23(16-25(28)35)39(22-4-2-21(34)3-5-22)32(41)33(11-12-33)31(36)40/h2-7,10,15-18,20,37H,8-9,11-14,19H2,1H3,(H2,36,40). The van der Waals surface area contributed by atoms with E-state index in [4.69, 9.17) is 19.9 Å². The van der Waals surface area contributed by atoms with E-state index in [1.165, 1.54) is 41.3 Å². The highest BCUT2D eigenvalue weighted by Crippen LogP contribution is 2.49. The van der Waals surface area contributed by atoms with Gasteiger partial charge in [-0.3, -0.25) is 19.5 Å². The summed E-state index contributed by atoms with van der Waals surface area (Å²) in [5.41, 5.74) is 5.15. The summed E-state index contributed by atoms with van der Waals surface area (Å²) in [4.78, 5) is 31.3. The first-order valence-electron chi connectivity index (χ1n) is 14.5. The van der Waals surface area contributed by atoms with Crippen LogP contribution in [-0.2, 0) is 9.59 Å². The molecule has 3 N–H and O–H groups in total. The normalized spacial score (nSPS) is 15.9. The van der Waals surface area contributed by atoms with Gasteiger partial charge in [0, 0.05) is 29.4 Å². The van der Waals surface area contributed by atoms with Gasteiger partial charge in [0.15, 0.2) is 23.1 Å². The predicted octanol–water partition coefficient (Wildman–Crippen LogP) is 5.62. The lowest BCUT2D eigenvalue weighted by molar-refractivity contribution is -0.133. The second-order valence-electron chi connectivity index (χ2n) is 11.1. The molecule has 228 valence electrons. The van der Waals surface area contributed by atoms with Gasteiger partial charge in [-0.25, -0.2) is 8.78 Å². The molecule has 44 heavy (non-hydrogen) atoms. The van der Waals surface area contributed by atoms with Crippen molar-refractivity contribution in [2.75, 3.05) is 31.7 Å². The summed E-state index contributed by atoms with van der Waals surface area (Å²) < 4.78 is 47.0. The number of anilines is 2. The quantitative estimate of drug-likeness (QED) is 0.226. The van der Waals surface area contributed by atoms with Crippen LogP contribution in [0, 0.1) is 23.0 Å². The summed E-state index contributed by atoms with van der Waals surface area (Å²) in [6, 6.07) is 14.3. The second kappa shape index (κ2) is 12.1. The topological polar surface area (TPSA) is 116 Å². The number of amides is 2. The number of methoxy groups -OCH3 is 1. The van der Waals surface area contributed by atoms with Gasteiger partial charge in [-0.15, -0.1) is 0 Å². The first kappa shape index (κ1) is 29.3. The summed E-state index contributed by atoms with van der Waals surface area (Å²) in [7, 11) is 1.55. The second-order valence-corrected chi connectivity index (χ2v) is 11.1. The zero-order valence-corrected chi connectivity index (χ0v) is 24.1. The van der Waals surface area contributed by atoms with E-state index in [1.807, 2.05) is 0 Å². The fourth-order valence-electron chi connectivity index (χ4n) is 5.45. The van der Waals surface area contributed by atoms with Crippen molar-refractivity contribution >= 4 is 34.1 Å². The van der Waals surface area contributed by atoms with E-state index in [-0.39, 0.29) is 30.0 Å². The van der Waals surface area contributed by atoms with E-state index in [1.54, 1.807) is 31.5 Å². The molecule has 0 spiro atoms. The van der Waals surface area contributed by atoms with Crippen LogP contribution in [0.15, 0.2) is 66.9 Å². The molecule has 1 saturated heterocycles. The zero-order valence-electron chi connectivity index (χ0n) is 24.1. The molecule has 0 unspecified atom stereocenters. The van der Waals surface area contributed by atoms with E-state index in [0.717, 1.165) is 32.0 Å². The minimum atomic E-state index is -1.38. The average molecular weight is 603 g/mol. The largest absolute Gasteiger partial charge is 0.493 e. The highest BCUT2D eigenvalue weighted by Gasteiger charge is 2.57. The molecule has 1 saturated carbocycles. The third-order valence-corrected chi connectivity index (χ3v) is 8.23. The molecule has 1 aliphatic carbocycles. The molecule has 0 bridgehead atoms. The van der Waals surface area contributed by atoms with Gasteiger partial charge in [-0.2, -0.15) is 0 Å². The number of hydrogen-bond acceptors (Lipinski definition) is 7. The number of nitrogens with one attached hydrogen (secondary N) is 1. The number of carbonyl (C=O) groups is 2. The maximum atomic E-state index is 15.6. The number of primary amides is 1. The van der Waals surface area contributed by atoms with Crippen LogP contribution in [0.25, 0.3) is 10.9 Å². The molecule has 2 amide bonds. The van der Waals surface area contributed by atoms with Gasteiger partial charge in [-0.1, -0.05) is 0 Å². The first-order chi connectivity index (χ1) is 21.3. The number of ether oxygens (including phenoxy) is 3. The Kier molecular flexibility index (Phi) is 8.05. The number of nitrogens with zero attached hydrogens (tertiary/aromatic N) is 2. The average Bonchev–Trinajstić information content (AvgIpc) is 3.85. The van der Waals surface area contributed by atoms with E-state index in [0.29, 0.717) is 40.7 Å². The van der Waals surface area contributed by atoms with Gasteiger partial charge in [0.05, 0.1) is 24.9 Å². The van der Waals surface area contributed by atoms with Gasteiger partial charge >= 0.3 is 0 Å². The van der Waals surface area contributed by atoms with Crippen molar-refractivity contribution in [2.45, 2.75) is 25.7 Å². The van der Waals surface area contributed by atoms with Crippen LogP contribution in [-0.4, -0.2) is 43.6 Å². The molecule has 1 aliphatic heterocycles. The fraction of sp³-hybridized carbons (Fsp3) is 0.303. The van der Waals surface area contributed by atoms with E-state index < -0.39 is 28.9 Å². The molecule has 9 nitrogen and oxygen atoms in total. The maximum Gasteiger partial charge on any atom is 0.247 e. The van der Waals surface area contributed by atoms with Crippen LogP contribution in [0.4, 0.5) is 20.2 Å². The third kappa shape index (κ3) is 5.74. The lowest BCUT2D eigenvalue weighted by atomic mass is 9.99. The molecule has 2 heterocycles. The highest BCUT2D eigenvalue weighted by molar-refractivity contribution is 6.16. The lowest BCUT2D eigenvalue weighted by Crippen LogP contribution is -2.41. The molecule has 2 fully saturated rings. The smallest absolute Gasteiger partial charge is 0.247 e. The van der Waals surface area contributed by atoms with Crippen LogP contribution < -0.4 is 30.2 Å². The molecule has 3 aromatic carbocycles. The Hall–Kier alpha value is -4.77. The molecule has 11 heteroatoms. The van der Waals surface area contributed by atoms with Crippen LogP contribution >= 0.6 is 0 Å². The zero-order chi connectivity index (χ0) is 30.8. The van der Waals surface area contributed by atoms with Gasteiger partial charge < -0.3 is 25.3 Å². The summed E-state index contributed by atoms with van der Waals surface area (Å²) in [5.74, 6) is -0.879. The maximum absolute atomic E-state index is 15.6. The monoisotopic (exact) mass is 602 g/mol. The minimum Gasteiger partial charge on any atom is -0.493 e.